The van der Waals surface area contributed by atoms with Crippen molar-refractivity contribution in [1.82, 2.24) is 10.2 Å². The molecule has 2 aromatic rings. The minimum atomic E-state index is -4.74. The second-order valence-corrected chi connectivity index (χ2v) is 7.18. The van der Waals surface area contributed by atoms with Gasteiger partial charge in [-0.2, -0.15) is 0 Å². The monoisotopic (exact) mass is 363 g/mol. The van der Waals surface area contributed by atoms with Gasteiger partial charge in [0.25, 0.3) is 0 Å². The highest BCUT2D eigenvalue weighted by atomic mass is 32.2. The summed E-state index contributed by atoms with van der Waals surface area (Å²) in [6, 6.07) is 4.95. The van der Waals surface area contributed by atoms with Crippen LogP contribution < -0.4 is 10.1 Å². The van der Waals surface area contributed by atoms with Crippen LogP contribution in [-0.4, -0.2) is 27.7 Å². The van der Waals surface area contributed by atoms with E-state index in [9.17, 15) is 18.0 Å². The Hall–Kier alpha value is -1.81. The predicted octanol–water partition coefficient (Wildman–Crippen LogP) is 3.86. The highest BCUT2D eigenvalue weighted by molar-refractivity contribution is 8.02. The van der Waals surface area contributed by atoms with Gasteiger partial charge in [0.1, 0.15) is 10.8 Å². The fourth-order valence-corrected chi connectivity index (χ4v) is 3.47. The summed E-state index contributed by atoms with van der Waals surface area (Å²) in [6.07, 6.45) is -4.74. The Labute approximate surface area is 138 Å². The van der Waals surface area contributed by atoms with E-state index in [1.807, 2.05) is 6.92 Å². The van der Waals surface area contributed by atoms with Crippen LogP contribution in [0.4, 0.5) is 18.9 Å². The Kier molecular flexibility index (Phi) is 5.47. The van der Waals surface area contributed by atoms with E-state index in [0.717, 1.165) is 17.1 Å². The van der Waals surface area contributed by atoms with Gasteiger partial charge >= 0.3 is 6.36 Å². The minimum Gasteiger partial charge on any atom is -0.406 e. The summed E-state index contributed by atoms with van der Waals surface area (Å²) in [5.74, 6) is -0.630. The maximum atomic E-state index is 12.1. The number of ether oxygens (including phenoxy) is 1. The van der Waals surface area contributed by atoms with E-state index < -0.39 is 11.6 Å². The third kappa shape index (κ3) is 5.71. The van der Waals surface area contributed by atoms with Gasteiger partial charge in [-0.25, -0.2) is 0 Å². The molecule has 124 valence electrons. The van der Waals surface area contributed by atoms with Crippen LogP contribution in [0.15, 0.2) is 28.6 Å². The molecule has 2 rings (SSSR count). The number of nitrogens with zero attached hydrogens (tertiary/aromatic N) is 2. The lowest BCUT2D eigenvalue weighted by Gasteiger charge is -2.12. The van der Waals surface area contributed by atoms with E-state index in [2.05, 4.69) is 20.3 Å². The lowest BCUT2D eigenvalue weighted by molar-refractivity contribution is -0.274. The zero-order valence-corrected chi connectivity index (χ0v) is 13.7. The molecule has 0 radical (unpaired) electrons. The van der Waals surface area contributed by atoms with Crippen molar-refractivity contribution in [2.45, 2.75) is 29.8 Å². The van der Waals surface area contributed by atoms with Crippen LogP contribution in [0.3, 0.4) is 0 Å². The molecule has 0 saturated carbocycles. The van der Waals surface area contributed by atoms with Gasteiger partial charge in [0, 0.05) is 5.69 Å². The molecular formula is C13H12F3N3O2S2. The van der Waals surface area contributed by atoms with Gasteiger partial charge in [0.05, 0.1) is 5.25 Å². The number of rotatable bonds is 5. The smallest absolute Gasteiger partial charge is 0.406 e. The Balaban J connectivity index is 1.91. The van der Waals surface area contributed by atoms with E-state index in [1.165, 1.54) is 35.2 Å². The standard InChI is InChI=1S/C13H12F3N3O2S2/c1-7(22-12-19-18-8(2)23-12)11(20)17-9-3-5-10(6-4-9)21-13(14,15)16/h3-7H,1-2H3,(H,17,20). The number of hydrogen-bond acceptors (Lipinski definition) is 6. The van der Waals surface area contributed by atoms with Crippen LogP contribution in [0.2, 0.25) is 0 Å². The van der Waals surface area contributed by atoms with Crippen molar-refractivity contribution in [3.05, 3.63) is 29.3 Å². The van der Waals surface area contributed by atoms with Crippen LogP contribution in [-0.2, 0) is 4.79 Å². The van der Waals surface area contributed by atoms with Gasteiger partial charge in [-0.1, -0.05) is 23.1 Å². The number of benzene rings is 1. The van der Waals surface area contributed by atoms with Gasteiger partial charge in [0.2, 0.25) is 5.91 Å². The molecule has 1 heterocycles. The van der Waals surface area contributed by atoms with Crippen LogP contribution in [0.25, 0.3) is 0 Å². The summed E-state index contributed by atoms with van der Waals surface area (Å²) in [4.78, 5) is 12.1. The number of thioether (sulfide) groups is 1. The molecule has 0 aliphatic rings. The topological polar surface area (TPSA) is 64.1 Å². The molecule has 1 aromatic carbocycles. The maximum Gasteiger partial charge on any atom is 0.573 e. The third-order valence-corrected chi connectivity index (χ3v) is 4.53. The second-order valence-electron chi connectivity index (χ2n) is 4.41. The van der Waals surface area contributed by atoms with Crippen LogP contribution in [0.5, 0.6) is 5.75 Å². The Morgan fingerprint density at radius 1 is 1.30 bits per heavy atom. The lowest BCUT2D eigenvalue weighted by atomic mass is 10.3. The highest BCUT2D eigenvalue weighted by Gasteiger charge is 2.31. The van der Waals surface area contributed by atoms with Crippen molar-refractivity contribution in [2.75, 3.05) is 5.32 Å². The molecule has 10 heteroatoms. The van der Waals surface area contributed by atoms with Gasteiger partial charge in [-0.3, -0.25) is 4.79 Å². The van der Waals surface area contributed by atoms with Crippen molar-refractivity contribution in [2.24, 2.45) is 0 Å². The summed E-state index contributed by atoms with van der Waals surface area (Å²) >= 11 is 2.65. The summed E-state index contributed by atoms with van der Waals surface area (Å²) in [7, 11) is 0. The molecule has 0 bridgehead atoms. The first-order chi connectivity index (χ1) is 10.7. The number of aromatic nitrogens is 2. The van der Waals surface area contributed by atoms with E-state index in [0.29, 0.717) is 10.0 Å². The van der Waals surface area contributed by atoms with Crippen LogP contribution in [0.1, 0.15) is 11.9 Å². The van der Waals surface area contributed by atoms with Gasteiger partial charge in [-0.05, 0) is 38.1 Å². The zero-order chi connectivity index (χ0) is 17.0. The Morgan fingerprint density at radius 3 is 2.48 bits per heavy atom. The van der Waals surface area contributed by atoms with Crippen molar-refractivity contribution >= 4 is 34.7 Å². The van der Waals surface area contributed by atoms with Crippen molar-refractivity contribution in [1.29, 1.82) is 0 Å². The second kappa shape index (κ2) is 7.18. The number of halogens is 3. The summed E-state index contributed by atoms with van der Waals surface area (Å²) in [5, 5.41) is 10.8. The first kappa shape index (κ1) is 17.5. The SMILES string of the molecule is Cc1nnc(SC(C)C(=O)Nc2ccc(OC(F)(F)F)cc2)s1. The highest BCUT2D eigenvalue weighted by Crippen LogP contribution is 2.27. The first-order valence-corrected chi connectivity index (χ1v) is 8.06. The molecule has 0 spiro atoms. The van der Waals surface area contributed by atoms with Gasteiger partial charge < -0.3 is 10.1 Å². The summed E-state index contributed by atoms with van der Waals surface area (Å²) in [6.45, 7) is 3.52. The third-order valence-electron chi connectivity index (χ3n) is 2.51. The molecule has 0 aliphatic carbocycles. The summed E-state index contributed by atoms with van der Waals surface area (Å²) in [5.41, 5.74) is 0.380. The largest absolute Gasteiger partial charge is 0.573 e. The average Bonchev–Trinajstić information content (AvgIpc) is 2.84. The van der Waals surface area contributed by atoms with Gasteiger partial charge in [0.15, 0.2) is 4.34 Å². The molecule has 0 aliphatic heterocycles. The van der Waals surface area contributed by atoms with Gasteiger partial charge in [-0.15, -0.1) is 23.4 Å². The van der Waals surface area contributed by atoms with Crippen LogP contribution in [0, 0.1) is 6.92 Å². The zero-order valence-electron chi connectivity index (χ0n) is 12.0. The number of carbonyl (C=O) groups excluding carboxylic acids is 1. The van der Waals surface area contributed by atoms with Crippen LogP contribution >= 0.6 is 23.1 Å². The number of amides is 1. The van der Waals surface area contributed by atoms with E-state index in [4.69, 9.17) is 0 Å². The van der Waals surface area contributed by atoms with E-state index >= 15 is 0 Å². The number of alkyl halides is 3. The first-order valence-electron chi connectivity index (χ1n) is 6.36. The molecule has 1 amide bonds. The molecule has 1 unspecified atom stereocenters. The minimum absolute atomic E-state index is 0.285. The fraction of sp³-hybridized carbons (Fsp3) is 0.308. The van der Waals surface area contributed by atoms with Crippen molar-refractivity contribution in [3.8, 4) is 5.75 Å². The Morgan fingerprint density at radius 2 is 1.96 bits per heavy atom. The molecular weight excluding hydrogens is 351 g/mol. The van der Waals surface area contributed by atoms with E-state index in [1.54, 1.807) is 6.92 Å². The molecule has 1 atom stereocenters. The molecule has 23 heavy (non-hydrogen) atoms. The van der Waals surface area contributed by atoms with E-state index in [-0.39, 0.29) is 11.7 Å². The Bertz CT molecular complexity index is 674. The quantitative estimate of drug-likeness (QED) is 0.817. The normalized spacial score (nSPS) is 12.7. The average molecular weight is 363 g/mol. The number of nitrogens with one attached hydrogen (secondary N) is 1. The lowest BCUT2D eigenvalue weighted by Crippen LogP contribution is -2.22. The molecule has 0 saturated heterocycles. The molecule has 1 N–H and O–H groups in total. The number of aryl methyl sites for hydroxylation is 1. The summed E-state index contributed by atoms with van der Waals surface area (Å²) < 4.78 is 40.6. The predicted molar refractivity (Wildman–Crippen MR) is 81.7 cm³/mol. The number of hydrogen-bond donors (Lipinski definition) is 1. The fourth-order valence-electron chi connectivity index (χ4n) is 1.51. The number of carbonyl (C=O) groups is 1. The molecule has 5 nitrogen and oxygen atoms in total. The maximum absolute atomic E-state index is 12.1. The van der Waals surface area contributed by atoms with Crippen molar-refractivity contribution in [3.63, 3.8) is 0 Å². The van der Waals surface area contributed by atoms with Crippen molar-refractivity contribution < 1.29 is 22.7 Å². The molecule has 0 fully saturated rings. The number of anilines is 1. The molecule has 1 aromatic heterocycles.